The predicted octanol–water partition coefficient (Wildman–Crippen LogP) is 3.76. The number of hydrogen-bond donors (Lipinski definition) is 1. The number of aliphatic hydroxyl groups is 1. The fraction of sp³-hybridized carbons (Fsp3) is 0.167. The Morgan fingerprint density at radius 3 is 2.33 bits per heavy atom. The third kappa shape index (κ3) is 2.30. The Bertz CT molecular complexity index is 443. The van der Waals surface area contributed by atoms with Crippen molar-refractivity contribution in [1.29, 1.82) is 0 Å². The lowest BCUT2D eigenvalue weighted by atomic mass is 10.2. The molecule has 78 valence electrons. The lowest BCUT2D eigenvalue weighted by Crippen LogP contribution is -1.85. The first-order valence-electron chi connectivity index (χ1n) is 4.70. The molecule has 0 saturated carbocycles. The molecule has 1 aromatic heterocycles. The minimum atomic E-state index is -0.561. The van der Waals surface area contributed by atoms with Crippen molar-refractivity contribution in [3.8, 4) is 11.3 Å². The van der Waals surface area contributed by atoms with Gasteiger partial charge in [-0.05, 0) is 31.2 Å². The third-order valence-corrected chi connectivity index (χ3v) is 2.70. The first-order chi connectivity index (χ1) is 7.16. The Labute approximate surface area is 96.7 Å². The van der Waals surface area contributed by atoms with Gasteiger partial charge in [0.2, 0.25) is 0 Å². The number of aliphatic hydroxyl groups excluding tert-OH is 1. The van der Waals surface area contributed by atoms with Crippen molar-refractivity contribution < 1.29 is 9.52 Å². The van der Waals surface area contributed by atoms with Gasteiger partial charge in [0.05, 0.1) is 0 Å². The summed E-state index contributed by atoms with van der Waals surface area (Å²) < 4.78 is 6.54. The smallest absolute Gasteiger partial charge is 0.134 e. The lowest BCUT2D eigenvalue weighted by molar-refractivity contribution is 0.170. The van der Waals surface area contributed by atoms with Gasteiger partial charge in [-0.3, -0.25) is 0 Å². The molecule has 15 heavy (non-hydrogen) atoms. The normalized spacial score (nSPS) is 12.7. The van der Waals surface area contributed by atoms with Gasteiger partial charge in [-0.25, -0.2) is 0 Å². The number of benzene rings is 1. The standard InChI is InChI=1S/C12H11BrO2/c1-8(14)11-6-7-12(15-11)9-2-4-10(13)5-3-9/h2-8,14H,1H3/t8-/m1/s1. The molecule has 1 N–H and O–H groups in total. The molecule has 0 aliphatic rings. The van der Waals surface area contributed by atoms with Crippen LogP contribution in [0.1, 0.15) is 18.8 Å². The third-order valence-electron chi connectivity index (χ3n) is 2.17. The number of hydrogen-bond acceptors (Lipinski definition) is 2. The molecule has 1 aromatic carbocycles. The Kier molecular flexibility index (Phi) is 2.93. The molecule has 0 radical (unpaired) electrons. The number of furan rings is 1. The van der Waals surface area contributed by atoms with Gasteiger partial charge < -0.3 is 9.52 Å². The highest BCUT2D eigenvalue weighted by atomic mass is 79.9. The van der Waals surface area contributed by atoms with Gasteiger partial charge in [-0.1, -0.05) is 28.1 Å². The van der Waals surface area contributed by atoms with E-state index in [-0.39, 0.29) is 0 Å². The minimum Gasteiger partial charge on any atom is -0.458 e. The fourth-order valence-corrected chi connectivity index (χ4v) is 1.61. The lowest BCUT2D eigenvalue weighted by Gasteiger charge is -1.99. The topological polar surface area (TPSA) is 33.4 Å². The van der Waals surface area contributed by atoms with Crippen molar-refractivity contribution in [2.45, 2.75) is 13.0 Å². The molecule has 2 aromatic rings. The summed E-state index contributed by atoms with van der Waals surface area (Å²) in [5.41, 5.74) is 1.00. The molecule has 0 bridgehead atoms. The van der Waals surface area contributed by atoms with Crippen molar-refractivity contribution >= 4 is 15.9 Å². The Hall–Kier alpha value is -1.06. The van der Waals surface area contributed by atoms with E-state index in [0.29, 0.717) is 5.76 Å². The maximum absolute atomic E-state index is 9.33. The van der Waals surface area contributed by atoms with Gasteiger partial charge in [-0.2, -0.15) is 0 Å². The van der Waals surface area contributed by atoms with Gasteiger partial charge in [0.1, 0.15) is 17.6 Å². The van der Waals surface area contributed by atoms with Crippen LogP contribution in [0.5, 0.6) is 0 Å². The van der Waals surface area contributed by atoms with Crippen LogP contribution in [-0.4, -0.2) is 5.11 Å². The molecular formula is C12H11BrO2. The van der Waals surface area contributed by atoms with Gasteiger partial charge in [0.25, 0.3) is 0 Å². The Morgan fingerprint density at radius 2 is 1.80 bits per heavy atom. The van der Waals surface area contributed by atoms with E-state index in [0.717, 1.165) is 15.8 Å². The van der Waals surface area contributed by atoms with Gasteiger partial charge in [0.15, 0.2) is 0 Å². The maximum atomic E-state index is 9.33. The zero-order valence-corrected chi connectivity index (χ0v) is 9.86. The summed E-state index contributed by atoms with van der Waals surface area (Å²) >= 11 is 3.38. The summed E-state index contributed by atoms with van der Waals surface area (Å²) in [7, 11) is 0. The highest BCUT2D eigenvalue weighted by Crippen LogP contribution is 2.26. The molecule has 1 atom stereocenters. The molecule has 2 rings (SSSR count). The summed E-state index contributed by atoms with van der Waals surface area (Å²) in [5.74, 6) is 1.37. The van der Waals surface area contributed by atoms with E-state index < -0.39 is 6.10 Å². The molecule has 2 nitrogen and oxygen atoms in total. The van der Waals surface area contributed by atoms with E-state index in [1.807, 2.05) is 30.3 Å². The highest BCUT2D eigenvalue weighted by Gasteiger charge is 2.08. The van der Waals surface area contributed by atoms with Crippen LogP contribution in [0.4, 0.5) is 0 Å². The van der Waals surface area contributed by atoms with Crippen LogP contribution in [0.25, 0.3) is 11.3 Å². The average molecular weight is 267 g/mol. The monoisotopic (exact) mass is 266 g/mol. The van der Waals surface area contributed by atoms with Crippen LogP contribution in [0.15, 0.2) is 45.3 Å². The number of halogens is 1. The quantitative estimate of drug-likeness (QED) is 0.898. The molecule has 0 aliphatic carbocycles. The van der Waals surface area contributed by atoms with Gasteiger partial charge >= 0.3 is 0 Å². The van der Waals surface area contributed by atoms with E-state index in [1.165, 1.54) is 0 Å². The summed E-state index contributed by atoms with van der Waals surface area (Å²) in [6.45, 7) is 1.68. The van der Waals surface area contributed by atoms with Gasteiger partial charge in [-0.15, -0.1) is 0 Å². The Balaban J connectivity index is 2.33. The minimum absolute atomic E-state index is 0.561. The summed E-state index contributed by atoms with van der Waals surface area (Å²) in [6, 6.07) is 11.5. The van der Waals surface area contributed by atoms with Crippen LogP contribution in [0, 0.1) is 0 Å². The largest absolute Gasteiger partial charge is 0.458 e. The molecular weight excluding hydrogens is 256 g/mol. The molecule has 1 heterocycles. The summed E-state index contributed by atoms with van der Waals surface area (Å²) in [4.78, 5) is 0. The zero-order chi connectivity index (χ0) is 10.8. The van der Waals surface area contributed by atoms with E-state index >= 15 is 0 Å². The molecule has 0 unspecified atom stereocenters. The van der Waals surface area contributed by atoms with E-state index in [1.54, 1.807) is 13.0 Å². The van der Waals surface area contributed by atoms with E-state index in [2.05, 4.69) is 15.9 Å². The molecule has 0 fully saturated rings. The second-order valence-electron chi connectivity index (χ2n) is 3.38. The van der Waals surface area contributed by atoms with Crippen LogP contribution in [0.2, 0.25) is 0 Å². The molecule has 0 aliphatic heterocycles. The van der Waals surface area contributed by atoms with E-state index in [9.17, 15) is 5.11 Å². The SMILES string of the molecule is C[C@@H](O)c1ccc(-c2ccc(Br)cc2)o1. The number of rotatable bonds is 2. The molecule has 0 amide bonds. The van der Waals surface area contributed by atoms with Crippen LogP contribution >= 0.6 is 15.9 Å². The van der Waals surface area contributed by atoms with Crippen molar-refractivity contribution in [1.82, 2.24) is 0 Å². The van der Waals surface area contributed by atoms with Crippen LogP contribution in [0.3, 0.4) is 0 Å². The van der Waals surface area contributed by atoms with Crippen molar-refractivity contribution in [2.75, 3.05) is 0 Å². The summed E-state index contributed by atoms with van der Waals surface area (Å²) in [5, 5.41) is 9.33. The summed E-state index contributed by atoms with van der Waals surface area (Å²) in [6.07, 6.45) is -0.561. The first-order valence-corrected chi connectivity index (χ1v) is 5.50. The fourth-order valence-electron chi connectivity index (χ4n) is 1.35. The van der Waals surface area contributed by atoms with Crippen molar-refractivity contribution in [2.24, 2.45) is 0 Å². The highest BCUT2D eigenvalue weighted by molar-refractivity contribution is 9.10. The zero-order valence-electron chi connectivity index (χ0n) is 8.27. The Morgan fingerprint density at radius 1 is 1.13 bits per heavy atom. The molecule has 0 saturated heterocycles. The molecule has 3 heteroatoms. The average Bonchev–Trinajstić information content (AvgIpc) is 2.68. The second-order valence-corrected chi connectivity index (χ2v) is 4.30. The van der Waals surface area contributed by atoms with E-state index in [4.69, 9.17) is 4.42 Å². The van der Waals surface area contributed by atoms with Gasteiger partial charge in [0, 0.05) is 10.0 Å². The predicted molar refractivity (Wildman–Crippen MR) is 62.5 cm³/mol. The molecule has 0 spiro atoms. The van der Waals surface area contributed by atoms with Crippen LogP contribution < -0.4 is 0 Å². The maximum Gasteiger partial charge on any atom is 0.134 e. The second kappa shape index (κ2) is 4.21. The van der Waals surface area contributed by atoms with Crippen molar-refractivity contribution in [3.05, 3.63) is 46.6 Å². The van der Waals surface area contributed by atoms with Crippen LogP contribution in [-0.2, 0) is 0 Å². The van der Waals surface area contributed by atoms with Crippen molar-refractivity contribution in [3.63, 3.8) is 0 Å². The first kappa shape index (κ1) is 10.5.